The fraction of sp³-hybridized carbons (Fsp3) is 0.231. The molecule has 5 heteroatoms. The number of hydrogen-bond acceptors (Lipinski definition) is 3. The molecule has 0 saturated carbocycles. The van der Waals surface area contributed by atoms with Gasteiger partial charge in [-0.3, -0.25) is 0 Å². The molecule has 0 aliphatic carbocycles. The van der Waals surface area contributed by atoms with Crippen molar-refractivity contribution in [1.82, 2.24) is 0 Å². The van der Waals surface area contributed by atoms with Crippen LogP contribution in [0.5, 0.6) is 0 Å². The Hall–Kier alpha value is -1.68. The summed E-state index contributed by atoms with van der Waals surface area (Å²) in [4.78, 5) is 0. The van der Waals surface area contributed by atoms with Crippen molar-refractivity contribution in [1.29, 1.82) is 0 Å². The van der Waals surface area contributed by atoms with Crippen molar-refractivity contribution < 1.29 is 8.81 Å². The standard InChI is InChI=1S/C13H14ClFN2O/c1-7-3-4-13(18-7)8(2)17-12-6-10(15)9(14)5-11(12)16/h3-6,8,17H,16H2,1-2H3. The minimum absolute atomic E-state index is 0.0135. The van der Waals surface area contributed by atoms with E-state index in [2.05, 4.69) is 5.32 Å². The molecule has 3 nitrogen and oxygen atoms in total. The van der Waals surface area contributed by atoms with Crippen LogP contribution in [0.2, 0.25) is 5.02 Å². The molecule has 18 heavy (non-hydrogen) atoms. The maximum absolute atomic E-state index is 13.4. The lowest BCUT2D eigenvalue weighted by Crippen LogP contribution is -2.08. The van der Waals surface area contributed by atoms with Crippen LogP contribution >= 0.6 is 11.6 Å². The Kier molecular flexibility index (Phi) is 3.48. The quantitative estimate of drug-likeness (QED) is 0.823. The van der Waals surface area contributed by atoms with Gasteiger partial charge in [-0.15, -0.1) is 0 Å². The molecule has 0 saturated heterocycles. The van der Waals surface area contributed by atoms with Crippen LogP contribution < -0.4 is 11.1 Å². The summed E-state index contributed by atoms with van der Waals surface area (Å²) in [6.07, 6.45) is 0. The van der Waals surface area contributed by atoms with E-state index in [1.165, 1.54) is 12.1 Å². The number of benzene rings is 1. The average molecular weight is 269 g/mol. The first-order chi connectivity index (χ1) is 8.47. The summed E-state index contributed by atoms with van der Waals surface area (Å²) in [7, 11) is 0. The predicted octanol–water partition coefficient (Wildman–Crippen LogP) is 4.14. The summed E-state index contributed by atoms with van der Waals surface area (Å²) < 4.78 is 18.9. The number of anilines is 2. The lowest BCUT2D eigenvalue weighted by Gasteiger charge is -2.15. The van der Waals surface area contributed by atoms with Gasteiger partial charge in [0.2, 0.25) is 0 Å². The molecule has 0 aliphatic rings. The van der Waals surface area contributed by atoms with E-state index in [0.717, 1.165) is 11.5 Å². The molecule has 2 aromatic rings. The lowest BCUT2D eigenvalue weighted by atomic mass is 10.2. The van der Waals surface area contributed by atoms with Crippen LogP contribution in [0, 0.1) is 12.7 Å². The van der Waals surface area contributed by atoms with Gasteiger partial charge in [0.1, 0.15) is 17.3 Å². The normalized spacial score (nSPS) is 12.4. The van der Waals surface area contributed by atoms with Crippen LogP contribution in [0.15, 0.2) is 28.7 Å². The van der Waals surface area contributed by atoms with E-state index in [0.29, 0.717) is 11.4 Å². The highest BCUT2D eigenvalue weighted by Crippen LogP contribution is 2.29. The Labute approximate surface area is 110 Å². The van der Waals surface area contributed by atoms with Crippen molar-refractivity contribution in [3.8, 4) is 0 Å². The van der Waals surface area contributed by atoms with Crippen LogP contribution in [0.3, 0.4) is 0 Å². The van der Waals surface area contributed by atoms with Gasteiger partial charge < -0.3 is 15.5 Å². The van der Waals surface area contributed by atoms with Gasteiger partial charge in [0, 0.05) is 6.07 Å². The average Bonchev–Trinajstić information content (AvgIpc) is 2.73. The number of furan rings is 1. The zero-order chi connectivity index (χ0) is 13.3. The molecule has 0 bridgehead atoms. The number of aryl methyl sites for hydroxylation is 1. The number of nitrogens with two attached hydrogens (primary N) is 1. The summed E-state index contributed by atoms with van der Waals surface area (Å²) in [5, 5.41) is 3.10. The monoisotopic (exact) mass is 268 g/mol. The van der Waals surface area contributed by atoms with Crippen molar-refractivity contribution >= 4 is 23.0 Å². The van der Waals surface area contributed by atoms with E-state index in [-0.39, 0.29) is 11.1 Å². The number of rotatable bonds is 3. The van der Waals surface area contributed by atoms with Crippen molar-refractivity contribution in [2.45, 2.75) is 19.9 Å². The van der Waals surface area contributed by atoms with Gasteiger partial charge in [0.25, 0.3) is 0 Å². The third kappa shape index (κ3) is 2.59. The van der Waals surface area contributed by atoms with E-state index in [1.54, 1.807) is 0 Å². The van der Waals surface area contributed by atoms with Gasteiger partial charge in [-0.2, -0.15) is 0 Å². The van der Waals surface area contributed by atoms with Crippen molar-refractivity contribution in [3.63, 3.8) is 0 Å². The highest BCUT2D eigenvalue weighted by Gasteiger charge is 2.12. The molecule has 0 amide bonds. The molecular formula is C13H14ClFN2O. The zero-order valence-corrected chi connectivity index (χ0v) is 10.9. The Morgan fingerprint density at radius 3 is 2.72 bits per heavy atom. The molecule has 1 aromatic heterocycles. The van der Waals surface area contributed by atoms with Crippen molar-refractivity contribution in [2.75, 3.05) is 11.1 Å². The van der Waals surface area contributed by atoms with E-state index >= 15 is 0 Å². The summed E-state index contributed by atoms with van der Waals surface area (Å²) in [5.41, 5.74) is 6.68. The molecule has 1 aromatic carbocycles. The highest BCUT2D eigenvalue weighted by atomic mass is 35.5. The Balaban J connectivity index is 2.21. The predicted molar refractivity (Wildman–Crippen MR) is 71.3 cm³/mol. The molecular weight excluding hydrogens is 255 g/mol. The number of nitrogens with one attached hydrogen (secondary N) is 1. The van der Waals surface area contributed by atoms with Gasteiger partial charge in [-0.25, -0.2) is 4.39 Å². The van der Waals surface area contributed by atoms with Gasteiger partial charge in [-0.1, -0.05) is 11.6 Å². The van der Waals surface area contributed by atoms with Crippen molar-refractivity contribution in [3.05, 3.63) is 46.6 Å². The minimum atomic E-state index is -0.504. The number of hydrogen-bond donors (Lipinski definition) is 2. The van der Waals surface area contributed by atoms with Crippen LogP contribution in [-0.4, -0.2) is 0 Å². The first-order valence-corrected chi connectivity index (χ1v) is 5.92. The fourth-order valence-corrected chi connectivity index (χ4v) is 1.85. The van der Waals surface area contributed by atoms with E-state index in [1.807, 2.05) is 26.0 Å². The molecule has 1 heterocycles. The summed E-state index contributed by atoms with van der Waals surface area (Å²) in [5.74, 6) is 1.09. The third-order valence-electron chi connectivity index (χ3n) is 2.65. The second kappa shape index (κ2) is 4.90. The maximum Gasteiger partial charge on any atom is 0.143 e. The van der Waals surface area contributed by atoms with Crippen LogP contribution in [0.1, 0.15) is 24.5 Å². The van der Waals surface area contributed by atoms with Crippen LogP contribution in [-0.2, 0) is 0 Å². The maximum atomic E-state index is 13.4. The van der Waals surface area contributed by atoms with E-state index < -0.39 is 5.82 Å². The SMILES string of the molecule is Cc1ccc(C(C)Nc2cc(F)c(Cl)cc2N)o1. The van der Waals surface area contributed by atoms with Crippen molar-refractivity contribution in [2.24, 2.45) is 0 Å². The molecule has 0 aliphatic heterocycles. The molecule has 96 valence electrons. The molecule has 0 spiro atoms. The first kappa shape index (κ1) is 12.8. The zero-order valence-electron chi connectivity index (χ0n) is 10.1. The highest BCUT2D eigenvalue weighted by molar-refractivity contribution is 6.31. The fourth-order valence-electron chi connectivity index (χ4n) is 1.68. The Morgan fingerprint density at radius 2 is 2.11 bits per heavy atom. The number of halogens is 2. The topological polar surface area (TPSA) is 51.2 Å². The lowest BCUT2D eigenvalue weighted by molar-refractivity contribution is 0.467. The summed E-state index contributed by atoms with van der Waals surface area (Å²) in [6.45, 7) is 3.77. The molecule has 2 rings (SSSR count). The van der Waals surface area contributed by atoms with Gasteiger partial charge in [-0.05, 0) is 32.0 Å². The van der Waals surface area contributed by atoms with Gasteiger partial charge in [0.15, 0.2) is 0 Å². The van der Waals surface area contributed by atoms with Crippen LogP contribution in [0.4, 0.5) is 15.8 Å². The second-order valence-electron chi connectivity index (χ2n) is 4.17. The molecule has 1 unspecified atom stereocenters. The number of nitrogen functional groups attached to an aromatic ring is 1. The molecule has 0 fully saturated rings. The largest absolute Gasteiger partial charge is 0.464 e. The van der Waals surface area contributed by atoms with E-state index in [4.69, 9.17) is 21.8 Å². The third-order valence-corrected chi connectivity index (χ3v) is 2.94. The molecule has 0 radical (unpaired) electrons. The van der Waals surface area contributed by atoms with Gasteiger partial charge >= 0.3 is 0 Å². The Morgan fingerprint density at radius 1 is 1.39 bits per heavy atom. The smallest absolute Gasteiger partial charge is 0.143 e. The summed E-state index contributed by atoms with van der Waals surface area (Å²) >= 11 is 5.64. The summed E-state index contributed by atoms with van der Waals surface area (Å²) in [6, 6.07) is 6.31. The molecule has 3 N–H and O–H groups in total. The second-order valence-corrected chi connectivity index (χ2v) is 4.58. The van der Waals surface area contributed by atoms with E-state index in [9.17, 15) is 4.39 Å². The van der Waals surface area contributed by atoms with Crippen LogP contribution in [0.25, 0.3) is 0 Å². The minimum Gasteiger partial charge on any atom is -0.464 e. The molecule has 1 atom stereocenters. The first-order valence-electron chi connectivity index (χ1n) is 5.54. The Bertz CT molecular complexity index is 568. The van der Waals surface area contributed by atoms with Gasteiger partial charge in [0.05, 0.1) is 22.4 Å².